The molecule has 0 fully saturated rings. The van der Waals surface area contributed by atoms with Crippen molar-refractivity contribution < 1.29 is 9.72 Å². The second kappa shape index (κ2) is 6.61. The van der Waals surface area contributed by atoms with E-state index in [-0.39, 0.29) is 28.2 Å². The van der Waals surface area contributed by atoms with E-state index in [9.17, 15) is 14.9 Å². The molecule has 1 aromatic carbocycles. The number of carbonyl (C=O) groups is 1. The van der Waals surface area contributed by atoms with Crippen LogP contribution in [0, 0.1) is 10.1 Å². The number of rotatable bonds is 5. The van der Waals surface area contributed by atoms with Crippen molar-refractivity contribution in [2.45, 2.75) is 13.0 Å². The third-order valence-electron chi connectivity index (χ3n) is 2.20. The van der Waals surface area contributed by atoms with E-state index in [0.29, 0.717) is 0 Å². The minimum Gasteiger partial charge on any atom is -0.349 e. The Kier molecular flexibility index (Phi) is 5.43. The predicted octanol–water partition coefficient (Wildman–Crippen LogP) is 2.73. The van der Waals surface area contributed by atoms with Gasteiger partial charge in [-0.1, -0.05) is 11.6 Å². The van der Waals surface area contributed by atoms with Gasteiger partial charge in [-0.15, -0.1) is 0 Å². The number of amides is 1. The molecule has 0 aliphatic carbocycles. The molecule has 1 amide bonds. The predicted molar refractivity (Wildman–Crippen MR) is 73.4 cm³/mol. The normalized spacial score (nSPS) is 11.9. The van der Waals surface area contributed by atoms with Gasteiger partial charge in [-0.05, 0) is 19.2 Å². The summed E-state index contributed by atoms with van der Waals surface area (Å²) in [6, 6.07) is 3.82. The molecule has 0 aromatic heterocycles. The summed E-state index contributed by atoms with van der Waals surface area (Å²) in [6.07, 6.45) is 1.95. The van der Waals surface area contributed by atoms with Crippen LogP contribution in [0.5, 0.6) is 0 Å². The molecule has 7 heteroatoms. The lowest BCUT2D eigenvalue weighted by Crippen LogP contribution is -2.34. The fraction of sp³-hybridized carbons (Fsp3) is 0.364. The van der Waals surface area contributed by atoms with Crippen molar-refractivity contribution in [3.05, 3.63) is 38.9 Å². The van der Waals surface area contributed by atoms with Crippen LogP contribution < -0.4 is 5.32 Å². The SMILES string of the molecule is CSCC(C)NC(=O)c1ccc([N+](=O)[O-])cc1Cl. The number of hydrogen-bond donors (Lipinski definition) is 1. The molecule has 0 bridgehead atoms. The van der Waals surface area contributed by atoms with Crippen molar-refractivity contribution in [1.82, 2.24) is 5.32 Å². The van der Waals surface area contributed by atoms with E-state index in [1.807, 2.05) is 13.2 Å². The van der Waals surface area contributed by atoms with Crippen LogP contribution in [0.3, 0.4) is 0 Å². The van der Waals surface area contributed by atoms with Crippen molar-refractivity contribution >= 4 is 35.0 Å². The Hall–Kier alpha value is -1.27. The van der Waals surface area contributed by atoms with E-state index < -0.39 is 4.92 Å². The number of thioether (sulfide) groups is 1. The van der Waals surface area contributed by atoms with E-state index >= 15 is 0 Å². The molecule has 0 saturated carbocycles. The molecule has 98 valence electrons. The van der Waals surface area contributed by atoms with E-state index in [4.69, 9.17) is 11.6 Å². The molecule has 1 atom stereocenters. The minimum atomic E-state index is -0.552. The first-order valence-electron chi connectivity index (χ1n) is 5.19. The summed E-state index contributed by atoms with van der Waals surface area (Å²) >= 11 is 7.48. The van der Waals surface area contributed by atoms with Crippen molar-refractivity contribution in [3.63, 3.8) is 0 Å². The lowest BCUT2D eigenvalue weighted by Gasteiger charge is -2.12. The zero-order valence-electron chi connectivity index (χ0n) is 9.97. The Morgan fingerprint density at radius 2 is 2.28 bits per heavy atom. The molecule has 0 saturated heterocycles. The van der Waals surface area contributed by atoms with Crippen LogP contribution in [0.15, 0.2) is 18.2 Å². The maximum absolute atomic E-state index is 11.9. The van der Waals surface area contributed by atoms with Crippen LogP contribution in [0.1, 0.15) is 17.3 Å². The number of halogens is 1. The molecule has 0 aliphatic rings. The Bertz CT molecular complexity index is 468. The van der Waals surface area contributed by atoms with Gasteiger partial charge in [0, 0.05) is 23.9 Å². The Labute approximate surface area is 114 Å². The molecule has 1 N–H and O–H groups in total. The highest BCUT2D eigenvalue weighted by Crippen LogP contribution is 2.22. The number of carbonyl (C=O) groups excluding carboxylic acids is 1. The molecule has 18 heavy (non-hydrogen) atoms. The summed E-state index contributed by atoms with van der Waals surface area (Å²) in [5, 5.41) is 13.4. The molecule has 0 radical (unpaired) electrons. The van der Waals surface area contributed by atoms with Gasteiger partial charge in [0.1, 0.15) is 0 Å². The van der Waals surface area contributed by atoms with Crippen LogP contribution in [0.2, 0.25) is 5.02 Å². The molecule has 0 spiro atoms. The van der Waals surface area contributed by atoms with Gasteiger partial charge in [0.15, 0.2) is 0 Å². The van der Waals surface area contributed by atoms with Gasteiger partial charge in [0.25, 0.3) is 11.6 Å². The van der Waals surface area contributed by atoms with Crippen LogP contribution >= 0.6 is 23.4 Å². The minimum absolute atomic E-state index is 0.0127. The van der Waals surface area contributed by atoms with Gasteiger partial charge in [-0.25, -0.2) is 0 Å². The summed E-state index contributed by atoms with van der Waals surface area (Å²) in [7, 11) is 0. The first kappa shape index (κ1) is 14.8. The van der Waals surface area contributed by atoms with Crippen molar-refractivity contribution in [1.29, 1.82) is 0 Å². The monoisotopic (exact) mass is 288 g/mol. The Morgan fingerprint density at radius 3 is 2.78 bits per heavy atom. The third-order valence-corrected chi connectivity index (χ3v) is 3.35. The van der Waals surface area contributed by atoms with Crippen molar-refractivity contribution in [2.75, 3.05) is 12.0 Å². The van der Waals surface area contributed by atoms with Crippen LogP contribution in [-0.4, -0.2) is 28.9 Å². The lowest BCUT2D eigenvalue weighted by atomic mass is 10.2. The van der Waals surface area contributed by atoms with Crippen LogP contribution in [0.25, 0.3) is 0 Å². The fourth-order valence-corrected chi connectivity index (χ4v) is 2.24. The van der Waals surface area contributed by atoms with Gasteiger partial charge in [-0.3, -0.25) is 14.9 Å². The Morgan fingerprint density at radius 1 is 1.61 bits per heavy atom. The summed E-state index contributed by atoms with van der Waals surface area (Å²) in [4.78, 5) is 21.8. The van der Waals surface area contributed by atoms with Crippen LogP contribution in [0.4, 0.5) is 5.69 Å². The van der Waals surface area contributed by atoms with Gasteiger partial charge in [0.05, 0.1) is 15.5 Å². The quantitative estimate of drug-likeness (QED) is 0.668. The number of nitro benzene ring substituents is 1. The maximum atomic E-state index is 11.9. The number of hydrogen-bond acceptors (Lipinski definition) is 4. The van der Waals surface area contributed by atoms with E-state index in [1.165, 1.54) is 18.2 Å². The fourth-order valence-electron chi connectivity index (χ4n) is 1.39. The number of nitro groups is 1. The second-order valence-corrected chi connectivity index (χ2v) is 5.07. The smallest absolute Gasteiger partial charge is 0.270 e. The molecule has 0 heterocycles. The number of benzene rings is 1. The van der Waals surface area contributed by atoms with E-state index in [0.717, 1.165) is 5.75 Å². The second-order valence-electron chi connectivity index (χ2n) is 3.75. The zero-order valence-corrected chi connectivity index (χ0v) is 11.5. The van der Waals surface area contributed by atoms with E-state index in [1.54, 1.807) is 11.8 Å². The zero-order chi connectivity index (χ0) is 13.7. The topological polar surface area (TPSA) is 72.2 Å². The molecule has 1 aromatic rings. The number of non-ortho nitro benzene ring substituents is 1. The molecule has 1 unspecified atom stereocenters. The average Bonchev–Trinajstić information content (AvgIpc) is 2.28. The highest BCUT2D eigenvalue weighted by Gasteiger charge is 2.16. The van der Waals surface area contributed by atoms with Gasteiger partial charge >= 0.3 is 0 Å². The Balaban J connectivity index is 2.84. The standard InChI is InChI=1S/C11H13ClN2O3S/c1-7(6-18-2)13-11(15)9-4-3-8(14(16)17)5-10(9)12/h3-5,7H,6H2,1-2H3,(H,13,15). The molecule has 5 nitrogen and oxygen atoms in total. The summed E-state index contributed by atoms with van der Waals surface area (Å²) in [6.45, 7) is 1.88. The molecular formula is C11H13ClN2O3S. The average molecular weight is 289 g/mol. The first-order valence-corrected chi connectivity index (χ1v) is 6.96. The summed E-state index contributed by atoms with van der Waals surface area (Å²) in [5.74, 6) is 0.465. The molecule has 1 rings (SSSR count). The highest BCUT2D eigenvalue weighted by molar-refractivity contribution is 7.98. The summed E-state index contributed by atoms with van der Waals surface area (Å²) < 4.78 is 0. The van der Waals surface area contributed by atoms with Gasteiger partial charge in [-0.2, -0.15) is 11.8 Å². The number of nitrogens with zero attached hydrogens (tertiary/aromatic N) is 1. The highest BCUT2D eigenvalue weighted by atomic mass is 35.5. The third kappa shape index (κ3) is 3.89. The number of nitrogens with one attached hydrogen (secondary N) is 1. The van der Waals surface area contributed by atoms with Crippen molar-refractivity contribution in [2.24, 2.45) is 0 Å². The first-order chi connectivity index (χ1) is 8.45. The summed E-state index contributed by atoms with van der Waals surface area (Å²) in [5.41, 5.74) is 0.115. The largest absolute Gasteiger partial charge is 0.349 e. The maximum Gasteiger partial charge on any atom is 0.270 e. The molecule has 0 aliphatic heterocycles. The van der Waals surface area contributed by atoms with Crippen LogP contribution in [-0.2, 0) is 0 Å². The van der Waals surface area contributed by atoms with Crippen molar-refractivity contribution in [3.8, 4) is 0 Å². The van der Waals surface area contributed by atoms with E-state index in [2.05, 4.69) is 5.32 Å². The lowest BCUT2D eigenvalue weighted by molar-refractivity contribution is -0.384. The van der Waals surface area contributed by atoms with Gasteiger partial charge < -0.3 is 5.32 Å². The molecular weight excluding hydrogens is 276 g/mol. The van der Waals surface area contributed by atoms with Gasteiger partial charge in [0.2, 0.25) is 0 Å².